The van der Waals surface area contributed by atoms with Crippen LogP contribution in [0.3, 0.4) is 0 Å². The van der Waals surface area contributed by atoms with Crippen molar-refractivity contribution in [2.45, 2.75) is 37.8 Å². The molecule has 6 heteroatoms. The Labute approximate surface area is 167 Å². The number of rotatable bonds is 4. The molecule has 3 atom stereocenters. The van der Waals surface area contributed by atoms with Gasteiger partial charge in [-0.25, -0.2) is 4.98 Å². The summed E-state index contributed by atoms with van der Waals surface area (Å²) >= 11 is 1.43. The van der Waals surface area contributed by atoms with E-state index in [0.717, 1.165) is 35.9 Å². The largest absolute Gasteiger partial charge is 0.396 e. The Kier molecular flexibility index (Phi) is 4.14. The first kappa shape index (κ1) is 17.6. The van der Waals surface area contributed by atoms with Gasteiger partial charge >= 0.3 is 0 Å². The topological polar surface area (TPSA) is 79.5 Å². The quantitative estimate of drug-likeness (QED) is 0.711. The molecule has 2 bridgehead atoms. The number of nitrogens with zero attached hydrogens (tertiary/aromatic N) is 2. The number of aliphatic hydroxyl groups excluding tert-OH is 1. The van der Waals surface area contributed by atoms with Crippen LogP contribution >= 0.6 is 11.3 Å². The molecule has 3 aromatic rings. The van der Waals surface area contributed by atoms with Crippen molar-refractivity contribution in [2.75, 3.05) is 12.3 Å². The zero-order chi connectivity index (χ0) is 19.3. The summed E-state index contributed by atoms with van der Waals surface area (Å²) in [4.78, 5) is 19.8. The van der Waals surface area contributed by atoms with Crippen molar-refractivity contribution in [3.8, 4) is 0 Å². The van der Waals surface area contributed by atoms with Crippen LogP contribution in [0.5, 0.6) is 0 Å². The molecule has 2 aliphatic heterocycles. The Hall–Kier alpha value is -2.44. The highest BCUT2D eigenvalue weighted by atomic mass is 32.1. The Balaban J connectivity index is 1.46. The van der Waals surface area contributed by atoms with E-state index in [1.54, 1.807) is 0 Å². The number of hydrogen-bond donors (Lipinski definition) is 2. The van der Waals surface area contributed by atoms with E-state index >= 15 is 0 Å². The van der Waals surface area contributed by atoms with Crippen molar-refractivity contribution in [2.24, 2.45) is 5.41 Å². The molecule has 5 rings (SSSR count). The summed E-state index contributed by atoms with van der Waals surface area (Å²) in [6, 6.07) is 16.2. The second-order valence-electron chi connectivity index (χ2n) is 8.08. The van der Waals surface area contributed by atoms with E-state index in [1.807, 2.05) is 41.3 Å². The highest BCUT2D eigenvalue weighted by molar-refractivity contribution is 7.22. The van der Waals surface area contributed by atoms with E-state index in [-0.39, 0.29) is 30.0 Å². The predicted octanol–water partition coefficient (Wildman–Crippen LogP) is 3.48. The van der Waals surface area contributed by atoms with Crippen molar-refractivity contribution < 1.29 is 9.90 Å². The molecule has 5 nitrogen and oxygen atoms in total. The summed E-state index contributed by atoms with van der Waals surface area (Å²) in [7, 11) is 0. The molecule has 0 aliphatic carbocycles. The number of benzene rings is 2. The molecule has 3 N–H and O–H groups in total. The second kappa shape index (κ2) is 6.57. The third kappa shape index (κ3) is 2.71. The molecule has 1 amide bonds. The zero-order valence-corrected chi connectivity index (χ0v) is 16.4. The van der Waals surface area contributed by atoms with Crippen LogP contribution in [0.4, 0.5) is 5.13 Å². The van der Waals surface area contributed by atoms with Crippen LogP contribution in [0.1, 0.15) is 35.2 Å². The van der Waals surface area contributed by atoms with Gasteiger partial charge < -0.3 is 15.7 Å². The number of hydrogen-bond acceptors (Lipinski definition) is 5. The molecule has 1 aromatic heterocycles. The first-order valence-electron chi connectivity index (χ1n) is 9.73. The maximum atomic E-state index is 13.4. The van der Waals surface area contributed by atoms with E-state index in [4.69, 9.17) is 5.73 Å². The number of carbonyl (C=O) groups excluding carboxylic acids is 1. The lowest BCUT2D eigenvalue weighted by Gasteiger charge is -2.36. The van der Waals surface area contributed by atoms with Crippen LogP contribution < -0.4 is 5.73 Å². The van der Waals surface area contributed by atoms with Crippen LogP contribution in [0.15, 0.2) is 48.5 Å². The van der Waals surface area contributed by atoms with Gasteiger partial charge in [-0.3, -0.25) is 4.79 Å². The van der Waals surface area contributed by atoms with Crippen LogP contribution in [-0.4, -0.2) is 39.6 Å². The first-order chi connectivity index (χ1) is 13.6. The summed E-state index contributed by atoms with van der Waals surface area (Å²) in [5.41, 5.74) is 8.20. The molecular weight excluding hydrogens is 370 g/mol. The molecule has 0 unspecified atom stereocenters. The van der Waals surface area contributed by atoms with Gasteiger partial charge in [0, 0.05) is 23.1 Å². The summed E-state index contributed by atoms with van der Waals surface area (Å²) in [6.07, 6.45) is 3.63. The molecule has 2 fully saturated rings. The van der Waals surface area contributed by atoms with Crippen molar-refractivity contribution in [1.82, 2.24) is 9.88 Å². The number of nitrogen functional groups attached to an aromatic ring is 1. The number of carbonyl (C=O) groups is 1. The van der Waals surface area contributed by atoms with Crippen LogP contribution in [-0.2, 0) is 6.42 Å². The molecule has 2 saturated heterocycles. The fourth-order valence-electron chi connectivity index (χ4n) is 5.24. The number of aliphatic hydroxyl groups is 1. The van der Waals surface area contributed by atoms with Gasteiger partial charge in [-0.1, -0.05) is 41.7 Å². The lowest BCUT2D eigenvalue weighted by atomic mass is 9.70. The molecular formula is C22H23N3O2S. The minimum atomic E-state index is -0.255. The van der Waals surface area contributed by atoms with Crippen molar-refractivity contribution in [1.29, 1.82) is 0 Å². The van der Waals surface area contributed by atoms with Crippen LogP contribution in [0, 0.1) is 5.41 Å². The van der Waals surface area contributed by atoms with E-state index in [1.165, 1.54) is 16.9 Å². The Morgan fingerprint density at radius 1 is 1.25 bits per heavy atom. The SMILES string of the molecule is Nc1nc2cc(C(=O)N3[C@@H]4CC[C@H]3[C@](CO)(Cc3ccccc3)C4)ccc2s1. The van der Waals surface area contributed by atoms with E-state index in [2.05, 4.69) is 17.1 Å². The maximum Gasteiger partial charge on any atom is 0.254 e. The van der Waals surface area contributed by atoms with Gasteiger partial charge in [0.1, 0.15) is 0 Å². The van der Waals surface area contributed by atoms with Crippen molar-refractivity contribution in [3.05, 3.63) is 59.7 Å². The van der Waals surface area contributed by atoms with E-state index < -0.39 is 0 Å². The molecule has 28 heavy (non-hydrogen) atoms. The number of nitrogens with two attached hydrogens (primary N) is 1. The van der Waals surface area contributed by atoms with Gasteiger partial charge in [-0.2, -0.15) is 0 Å². The fraction of sp³-hybridized carbons (Fsp3) is 0.364. The molecule has 144 valence electrons. The van der Waals surface area contributed by atoms with E-state index in [0.29, 0.717) is 10.7 Å². The van der Waals surface area contributed by atoms with Gasteiger partial charge in [-0.05, 0) is 49.4 Å². The van der Waals surface area contributed by atoms with Crippen molar-refractivity contribution in [3.63, 3.8) is 0 Å². The third-order valence-corrected chi connectivity index (χ3v) is 7.32. The highest BCUT2D eigenvalue weighted by Crippen LogP contribution is 2.51. The summed E-state index contributed by atoms with van der Waals surface area (Å²) in [5, 5.41) is 10.9. The lowest BCUT2D eigenvalue weighted by molar-refractivity contribution is 0.0571. The van der Waals surface area contributed by atoms with Gasteiger partial charge in [0.15, 0.2) is 5.13 Å². The Bertz CT molecular complexity index is 1030. The summed E-state index contributed by atoms with van der Waals surface area (Å²) in [5.74, 6) is 0.0457. The summed E-state index contributed by atoms with van der Waals surface area (Å²) < 4.78 is 0.993. The normalized spacial score (nSPS) is 26.2. The number of amides is 1. The molecule has 0 radical (unpaired) electrons. The standard InChI is InChI=1S/C22H23N3O2S/c23-21-24-17-10-15(6-8-18(17)28-21)20(27)25-16-7-9-19(25)22(12-16,13-26)11-14-4-2-1-3-5-14/h1-6,8,10,16,19,26H,7,9,11-13H2,(H2,23,24)/t16-,19+,22-/m1/s1. The predicted molar refractivity (Wildman–Crippen MR) is 111 cm³/mol. The molecule has 3 heterocycles. The zero-order valence-electron chi connectivity index (χ0n) is 15.5. The molecule has 0 spiro atoms. The highest BCUT2D eigenvalue weighted by Gasteiger charge is 2.57. The van der Waals surface area contributed by atoms with Crippen LogP contribution in [0.25, 0.3) is 10.2 Å². The van der Waals surface area contributed by atoms with Gasteiger partial charge in [0.2, 0.25) is 0 Å². The average Bonchev–Trinajstić information content (AvgIpc) is 3.37. The number of fused-ring (bicyclic) bond motifs is 3. The average molecular weight is 394 g/mol. The monoisotopic (exact) mass is 393 g/mol. The molecule has 2 aliphatic rings. The first-order valence-corrected chi connectivity index (χ1v) is 10.5. The third-order valence-electron chi connectivity index (χ3n) is 6.45. The fourth-order valence-corrected chi connectivity index (χ4v) is 5.96. The molecule has 0 saturated carbocycles. The van der Waals surface area contributed by atoms with Gasteiger partial charge in [0.05, 0.1) is 16.8 Å². The number of anilines is 1. The summed E-state index contributed by atoms with van der Waals surface area (Å²) in [6.45, 7) is 0.106. The van der Waals surface area contributed by atoms with Gasteiger partial charge in [-0.15, -0.1) is 0 Å². The number of thiazole rings is 1. The smallest absolute Gasteiger partial charge is 0.254 e. The Morgan fingerprint density at radius 2 is 2.07 bits per heavy atom. The Morgan fingerprint density at radius 3 is 2.86 bits per heavy atom. The van der Waals surface area contributed by atoms with Crippen LogP contribution in [0.2, 0.25) is 0 Å². The van der Waals surface area contributed by atoms with Crippen molar-refractivity contribution >= 4 is 32.6 Å². The maximum absolute atomic E-state index is 13.4. The van der Waals surface area contributed by atoms with Gasteiger partial charge in [0.25, 0.3) is 5.91 Å². The molecule has 2 aromatic carbocycles. The minimum absolute atomic E-state index is 0.0457. The number of aromatic nitrogens is 1. The van der Waals surface area contributed by atoms with E-state index in [9.17, 15) is 9.90 Å². The minimum Gasteiger partial charge on any atom is -0.396 e. The lowest BCUT2D eigenvalue weighted by Crippen LogP contribution is -2.43. The second-order valence-corrected chi connectivity index (χ2v) is 9.14.